The smallest absolute Gasteiger partial charge is 0.228 e. The Bertz CT molecular complexity index is 924. The maximum atomic E-state index is 12.1. The lowest BCUT2D eigenvalue weighted by molar-refractivity contribution is -0.117. The maximum absolute atomic E-state index is 12.1. The van der Waals surface area contributed by atoms with Crippen LogP contribution in [0.25, 0.3) is 0 Å². The van der Waals surface area contributed by atoms with Gasteiger partial charge in [0.1, 0.15) is 5.82 Å². The summed E-state index contributed by atoms with van der Waals surface area (Å²) in [6.45, 7) is 9.81. The van der Waals surface area contributed by atoms with Crippen LogP contribution in [0, 0.1) is 11.3 Å². The molecule has 0 spiro atoms. The number of para-hydroxylation sites is 1. The van der Waals surface area contributed by atoms with Gasteiger partial charge in [0.15, 0.2) is 0 Å². The molecule has 0 radical (unpaired) electrons. The van der Waals surface area contributed by atoms with Crippen molar-refractivity contribution in [1.29, 1.82) is 5.41 Å². The third-order valence-corrected chi connectivity index (χ3v) is 5.96. The number of nitrogen functional groups attached to an aromatic ring is 1. The molecular weight excluding hydrogens is 479 g/mol. The number of unbranched alkanes of at least 4 members (excludes halogenated alkanes) is 6. The molecule has 6 nitrogen and oxygen atoms in total. The van der Waals surface area contributed by atoms with Crippen LogP contribution in [0.1, 0.15) is 115 Å². The van der Waals surface area contributed by atoms with E-state index in [0.717, 1.165) is 31.1 Å². The highest BCUT2D eigenvalue weighted by Gasteiger charge is 2.31. The van der Waals surface area contributed by atoms with Crippen LogP contribution < -0.4 is 11.1 Å². The van der Waals surface area contributed by atoms with Crippen molar-refractivity contribution in [1.82, 2.24) is 4.98 Å². The molecule has 1 aromatic carbocycles. The van der Waals surface area contributed by atoms with E-state index in [2.05, 4.69) is 24.1 Å². The molecule has 5 N–H and O–H groups in total. The Labute approximate surface area is 230 Å². The number of nitrogens with one attached hydrogen (secondary N) is 2. The highest BCUT2D eigenvalue weighted by molar-refractivity contribution is 6.15. The molecular formula is C31H51FN4O2. The number of alkyl halides is 1. The summed E-state index contributed by atoms with van der Waals surface area (Å²) in [5.41, 5.74) is 9.25. The molecule has 3 rings (SSSR count). The maximum Gasteiger partial charge on any atom is 0.228 e. The molecule has 0 unspecified atom stereocenters. The molecule has 1 aliphatic carbocycles. The highest BCUT2D eigenvalue weighted by atomic mass is 19.1. The number of hydrogen-bond acceptors (Lipinski definition) is 5. The minimum absolute atomic E-state index is 0.0207. The van der Waals surface area contributed by atoms with E-state index in [0.29, 0.717) is 22.8 Å². The third kappa shape index (κ3) is 13.1. The molecule has 0 aliphatic heterocycles. The highest BCUT2D eigenvalue weighted by Crippen LogP contribution is 2.33. The van der Waals surface area contributed by atoms with Crippen molar-refractivity contribution in [2.75, 3.05) is 24.8 Å². The van der Waals surface area contributed by atoms with Gasteiger partial charge in [0, 0.05) is 41.6 Å². The third-order valence-electron chi connectivity index (χ3n) is 5.96. The Kier molecular flexibility index (Phi) is 19.6. The van der Waals surface area contributed by atoms with E-state index in [1.807, 2.05) is 38.1 Å². The molecule has 1 heterocycles. The topological polar surface area (TPSA) is 112 Å². The molecule has 0 saturated heterocycles. The quantitative estimate of drug-likeness (QED) is 0.134. The molecule has 7 heteroatoms. The van der Waals surface area contributed by atoms with Gasteiger partial charge in [0.05, 0.1) is 12.4 Å². The van der Waals surface area contributed by atoms with E-state index in [4.69, 9.17) is 16.2 Å². The number of rotatable bonds is 11. The van der Waals surface area contributed by atoms with E-state index in [1.165, 1.54) is 51.9 Å². The van der Waals surface area contributed by atoms with Crippen LogP contribution in [0.15, 0.2) is 36.5 Å². The molecule has 214 valence electrons. The van der Waals surface area contributed by atoms with Crippen molar-refractivity contribution in [2.45, 2.75) is 98.3 Å². The van der Waals surface area contributed by atoms with Crippen LogP contribution >= 0.6 is 0 Å². The summed E-state index contributed by atoms with van der Waals surface area (Å²) < 4.78 is 10.3. The predicted octanol–water partition coefficient (Wildman–Crippen LogP) is 7.89. The zero-order chi connectivity index (χ0) is 28.9. The van der Waals surface area contributed by atoms with Crippen LogP contribution in [0.4, 0.5) is 15.9 Å². The van der Waals surface area contributed by atoms with Crippen molar-refractivity contribution in [2.24, 2.45) is 5.92 Å². The second kappa shape index (κ2) is 21.2. The summed E-state index contributed by atoms with van der Waals surface area (Å²) in [7, 11) is 1.00. The van der Waals surface area contributed by atoms with Crippen molar-refractivity contribution in [3.05, 3.63) is 53.2 Å². The van der Waals surface area contributed by atoms with Crippen molar-refractivity contribution < 1.29 is 14.3 Å². The first kappa shape index (κ1) is 35.2. The lowest BCUT2D eigenvalue weighted by Gasteiger charge is -2.18. The fraction of sp³-hybridized carbons (Fsp3) is 0.581. The minimum Gasteiger partial charge on any atom is -0.400 e. The van der Waals surface area contributed by atoms with Gasteiger partial charge in [-0.3, -0.25) is 14.6 Å². The Hall–Kier alpha value is -2.80. The molecule has 1 aliphatic rings. The van der Waals surface area contributed by atoms with Crippen LogP contribution in [0.2, 0.25) is 0 Å². The summed E-state index contributed by atoms with van der Waals surface area (Å²) in [6, 6.07) is 9.16. The summed E-state index contributed by atoms with van der Waals surface area (Å²) >= 11 is 0. The Balaban J connectivity index is 0.000000821. The van der Waals surface area contributed by atoms with Gasteiger partial charge in [-0.1, -0.05) is 90.8 Å². The molecule has 1 fully saturated rings. The molecule has 0 atom stereocenters. The van der Waals surface area contributed by atoms with Crippen LogP contribution in [0.5, 0.6) is 0 Å². The second-order valence-electron chi connectivity index (χ2n) is 9.54. The molecule has 2 aromatic rings. The minimum atomic E-state index is -0.250. The number of aliphatic hydroxyl groups is 1. The summed E-state index contributed by atoms with van der Waals surface area (Å²) in [5.74, 6) is 0.805. The van der Waals surface area contributed by atoms with Crippen molar-refractivity contribution in [3.63, 3.8) is 0 Å². The number of nitrogens with two attached hydrogens (primary N) is 1. The van der Waals surface area contributed by atoms with E-state index in [1.54, 1.807) is 12.3 Å². The zero-order valence-electron chi connectivity index (χ0n) is 24.4. The fourth-order valence-electron chi connectivity index (χ4n) is 3.84. The lowest BCUT2D eigenvalue weighted by atomic mass is 9.91. The summed E-state index contributed by atoms with van der Waals surface area (Å²) in [5, 5.41) is 18.5. The largest absolute Gasteiger partial charge is 0.400 e. The average Bonchev–Trinajstić information content (AvgIpc) is 3.76. The number of pyridine rings is 1. The van der Waals surface area contributed by atoms with E-state index < -0.39 is 0 Å². The molecule has 1 amide bonds. The Morgan fingerprint density at radius 1 is 1.03 bits per heavy atom. The van der Waals surface area contributed by atoms with Crippen LogP contribution in [-0.2, 0) is 4.79 Å². The molecule has 0 bridgehead atoms. The van der Waals surface area contributed by atoms with Crippen molar-refractivity contribution in [3.8, 4) is 0 Å². The number of carbonyl (C=O) groups excluding carboxylic acids is 1. The first-order chi connectivity index (χ1) is 18.3. The van der Waals surface area contributed by atoms with E-state index >= 15 is 0 Å². The van der Waals surface area contributed by atoms with E-state index in [9.17, 15) is 9.18 Å². The summed E-state index contributed by atoms with van der Waals surface area (Å²) in [6.07, 6.45) is 13.5. The Morgan fingerprint density at radius 3 is 2.03 bits per heavy atom. The van der Waals surface area contributed by atoms with Gasteiger partial charge in [0.2, 0.25) is 5.91 Å². The number of hydrogen-bond donors (Lipinski definition) is 4. The van der Waals surface area contributed by atoms with Gasteiger partial charge in [-0.2, -0.15) is 0 Å². The number of aromatic nitrogens is 1. The van der Waals surface area contributed by atoms with Crippen LogP contribution in [-0.4, -0.2) is 35.5 Å². The molecule has 1 aromatic heterocycles. The number of nitrogens with zero attached hydrogens (tertiary/aromatic N) is 1. The van der Waals surface area contributed by atoms with Crippen molar-refractivity contribution >= 4 is 23.1 Å². The summed E-state index contributed by atoms with van der Waals surface area (Å²) in [4.78, 5) is 16.5. The first-order valence-electron chi connectivity index (χ1n) is 14.1. The number of anilines is 2. The first-order valence-corrected chi connectivity index (χ1v) is 14.1. The van der Waals surface area contributed by atoms with Gasteiger partial charge < -0.3 is 16.2 Å². The average molecular weight is 531 g/mol. The number of halogens is 1. The molecule has 1 saturated carbocycles. The number of aliphatic hydroxyl groups excluding tert-OH is 1. The van der Waals surface area contributed by atoms with Gasteiger partial charge in [-0.15, -0.1) is 0 Å². The monoisotopic (exact) mass is 530 g/mol. The number of benzene rings is 1. The van der Waals surface area contributed by atoms with Gasteiger partial charge in [-0.05, 0) is 37.8 Å². The lowest BCUT2D eigenvalue weighted by Crippen LogP contribution is -2.18. The van der Waals surface area contributed by atoms with Crippen LogP contribution in [0.3, 0.4) is 0 Å². The number of amides is 1. The Morgan fingerprint density at radius 2 is 1.55 bits per heavy atom. The SMILES string of the molecule is CC(C)c1c(C(=N)c2ccccc2N)ccnc1NC(=O)C1CC1.CCCCCCCCC.CCF.CO. The van der Waals surface area contributed by atoms with Gasteiger partial charge >= 0.3 is 0 Å². The predicted molar refractivity (Wildman–Crippen MR) is 160 cm³/mol. The zero-order valence-corrected chi connectivity index (χ0v) is 24.4. The fourth-order valence-corrected chi connectivity index (χ4v) is 3.84. The molecule has 38 heavy (non-hydrogen) atoms. The number of carbonyl (C=O) groups is 1. The second-order valence-corrected chi connectivity index (χ2v) is 9.54. The van der Waals surface area contributed by atoms with E-state index in [-0.39, 0.29) is 24.4 Å². The van der Waals surface area contributed by atoms with Gasteiger partial charge in [0.25, 0.3) is 0 Å². The normalized spacial score (nSPS) is 11.7. The standard InChI is InChI=1S/C19H22N4O.C9H20.C2H5F.CH4O/c1-11(2)16-14(17(21)13-5-3-4-6-15(13)20)9-10-22-18(16)23-19(24)12-7-8-12;1-3-5-7-9-8-6-4-2;1-2-3;1-2/h3-6,9-12,21H,7-8,20H2,1-2H3,(H,22,23,24);3-9H2,1-2H3;2H2,1H3;2H,1H3. The van der Waals surface area contributed by atoms with Gasteiger partial charge in [-0.25, -0.2) is 4.98 Å².